The lowest BCUT2D eigenvalue weighted by Crippen LogP contribution is -2.41. The van der Waals surface area contributed by atoms with Crippen LogP contribution in [0.5, 0.6) is 0 Å². The highest BCUT2D eigenvalue weighted by Gasteiger charge is 1.97. The van der Waals surface area contributed by atoms with Gasteiger partial charge in [0.1, 0.15) is 13.2 Å². The minimum absolute atomic E-state index is 0.369. The van der Waals surface area contributed by atoms with Gasteiger partial charge in [-0.1, -0.05) is 0 Å². The minimum Gasteiger partial charge on any atom is -0.480 e. The lowest BCUT2D eigenvalue weighted by molar-refractivity contribution is -0.136. The van der Waals surface area contributed by atoms with Crippen LogP contribution in [0, 0.1) is 0 Å². The maximum absolute atomic E-state index is 10.2. The van der Waals surface area contributed by atoms with Gasteiger partial charge in [0, 0.05) is 0 Å². The molecule has 0 saturated carbocycles. The zero-order valence-corrected chi connectivity index (χ0v) is 5.13. The minimum atomic E-state index is -1.08. The van der Waals surface area contributed by atoms with Crippen LogP contribution in [0.15, 0.2) is 0 Å². The maximum atomic E-state index is 10.2. The summed E-state index contributed by atoms with van der Waals surface area (Å²) < 4.78 is 0. The number of hydrogen-bond acceptors (Lipinski definition) is 4. The third kappa shape index (κ3) is 5.01. The lowest BCUT2D eigenvalue weighted by atomic mass is 10.7. The fraction of sp³-hybridized carbons (Fsp3) is 0.500. The average Bonchev–Trinajstić information content (AvgIpc) is 1.87. The molecule has 58 valence electrons. The highest BCUT2D eigenvalue weighted by Crippen LogP contribution is 1.58. The van der Waals surface area contributed by atoms with Crippen molar-refractivity contribution in [2.24, 2.45) is 0 Å². The summed E-state index contributed by atoms with van der Waals surface area (Å²) in [5.41, 5.74) is 4.02. The van der Waals surface area contributed by atoms with Gasteiger partial charge >= 0.3 is 5.97 Å². The lowest BCUT2D eigenvalue weighted by Gasteiger charge is -2.00. The molecule has 1 amide bonds. The van der Waals surface area contributed by atoms with Gasteiger partial charge in [0.25, 0.3) is 5.91 Å². The van der Waals surface area contributed by atoms with Crippen molar-refractivity contribution in [1.29, 1.82) is 0 Å². The van der Waals surface area contributed by atoms with E-state index in [4.69, 9.17) is 10.2 Å². The van der Waals surface area contributed by atoms with Crippen LogP contribution in [-0.4, -0.2) is 35.2 Å². The molecular formula is C4H8N2O4. The summed E-state index contributed by atoms with van der Waals surface area (Å²) in [7, 11) is 0. The Kier molecular flexibility index (Phi) is 4.17. The van der Waals surface area contributed by atoms with Crippen molar-refractivity contribution in [2.75, 3.05) is 13.2 Å². The van der Waals surface area contributed by atoms with Gasteiger partial charge in [-0.25, -0.2) is 5.43 Å². The third-order valence-electron chi connectivity index (χ3n) is 0.611. The molecular weight excluding hydrogens is 140 g/mol. The molecule has 6 nitrogen and oxygen atoms in total. The number of carbonyl (C=O) groups is 2. The molecule has 0 aliphatic carbocycles. The SMILES string of the molecule is O=C(O)CNNC(=O)CO. The van der Waals surface area contributed by atoms with E-state index in [-0.39, 0.29) is 6.54 Å². The first-order chi connectivity index (χ1) is 4.66. The van der Waals surface area contributed by atoms with Crippen LogP contribution >= 0.6 is 0 Å². The molecule has 0 atom stereocenters. The van der Waals surface area contributed by atoms with Gasteiger partial charge in [-0.15, -0.1) is 0 Å². The monoisotopic (exact) mass is 148 g/mol. The van der Waals surface area contributed by atoms with E-state index in [1.165, 1.54) is 0 Å². The number of rotatable bonds is 4. The molecule has 0 heterocycles. The van der Waals surface area contributed by atoms with E-state index in [0.29, 0.717) is 0 Å². The zero-order valence-electron chi connectivity index (χ0n) is 5.13. The Hall–Kier alpha value is -1.14. The Morgan fingerprint density at radius 1 is 1.40 bits per heavy atom. The van der Waals surface area contributed by atoms with E-state index in [1.54, 1.807) is 0 Å². The van der Waals surface area contributed by atoms with Crippen LogP contribution < -0.4 is 10.9 Å². The quantitative estimate of drug-likeness (QED) is 0.335. The number of hydrogen-bond donors (Lipinski definition) is 4. The van der Waals surface area contributed by atoms with Crippen LogP contribution in [0.4, 0.5) is 0 Å². The summed E-state index contributed by atoms with van der Waals surface area (Å²) in [5, 5.41) is 16.1. The predicted octanol–water partition coefficient (Wildman–Crippen LogP) is -2.32. The number of aliphatic hydroxyl groups is 1. The molecule has 10 heavy (non-hydrogen) atoms. The molecule has 6 heteroatoms. The van der Waals surface area contributed by atoms with Gasteiger partial charge in [0.15, 0.2) is 0 Å². The molecule has 0 rings (SSSR count). The van der Waals surface area contributed by atoms with Crippen molar-refractivity contribution in [3.05, 3.63) is 0 Å². The fourth-order valence-corrected chi connectivity index (χ4v) is 0.258. The Bertz CT molecular complexity index is 135. The Morgan fingerprint density at radius 2 is 2.00 bits per heavy atom. The molecule has 0 aromatic heterocycles. The van der Waals surface area contributed by atoms with E-state index in [1.807, 2.05) is 5.43 Å². The van der Waals surface area contributed by atoms with Gasteiger partial charge in [0.2, 0.25) is 0 Å². The fourth-order valence-electron chi connectivity index (χ4n) is 0.258. The van der Waals surface area contributed by atoms with Crippen LogP contribution in [0.2, 0.25) is 0 Å². The van der Waals surface area contributed by atoms with E-state index >= 15 is 0 Å². The second-order valence-corrected chi connectivity index (χ2v) is 1.45. The molecule has 4 N–H and O–H groups in total. The second kappa shape index (κ2) is 4.71. The first kappa shape index (κ1) is 8.86. The molecule has 0 saturated heterocycles. The maximum Gasteiger partial charge on any atom is 0.319 e. The summed E-state index contributed by atoms with van der Waals surface area (Å²) in [6.07, 6.45) is 0. The standard InChI is InChI=1S/C4H8N2O4/c7-2-3(8)6-5-1-4(9)10/h5,7H,1-2H2,(H,6,8)(H,9,10). The topological polar surface area (TPSA) is 98.7 Å². The van der Waals surface area contributed by atoms with Gasteiger partial charge in [-0.2, -0.15) is 0 Å². The number of nitrogens with one attached hydrogen (secondary N) is 2. The summed E-state index contributed by atoms with van der Waals surface area (Å²) in [5.74, 6) is -1.75. The van der Waals surface area contributed by atoms with Crippen molar-refractivity contribution < 1.29 is 19.8 Å². The molecule has 0 unspecified atom stereocenters. The molecule has 0 spiro atoms. The molecule has 0 aliphatic heterocycles. The number of carbonyl (C=O) groups excluding carboxylic acids is 1. The van der Waals surface area contributed by atoms with Crippen molar-refractivity contribution >= 4 is 11.9 Å². The van der Waals surface area contributed by atoms with Gasteiger partial charge < -0.3 is 10.2 Å². The summed E-state index contributed by atoms with van der Waals surface area (Å²) in [4.78, 5) is 20.0. The first-order valence-electron chi connectivity index (χ1n) is 2.51. The van der Waals surface area contributed by atoms with Gasteiger partial charge in [-0.05, 0) is 0 Å². The first-order valence-corrected chi connectivity index (χ1v) is 2.51. The Morgan fingerprint density at radius 3 is 2.40 bits per heavy atom. The third-order valence-corrected chi connectivity index (χ3v) is 0.611. The van der Waals surface area contributed by atoms with Crippen molar-refractivity contribution in [1.82, 2.24) is 10.9 Å². The van der Waals surface area contributed by atoms with Crippen LogP contribution in [-0.2, 0) is 9.59 Å². The van der Waals surface area contributed by atoms with Crippen molar-refractivity contribution in [3.63, 3.8) is 0 Å². The second-order valence-electron chi connectivity index (χ2n) is 1.45. The summed E-state index contributed by atoms with van der Waals surface area (Å²) in [6, 6.07) is 0. The normalized spacial score (nSPS) is 8.90. The van der Waals surface area contributed by atoms with Crippen LogP contribution in [0.25, 0.3) is 0 Å². The molecule has 0 aliphatic rings. The van der Waals surface area contributed by atoms with Crippen LogP contribution in [0.3, 0.4) is 0 Å². The number of carboxylic acid groups (broad SMARTS) is 1. The highest BCUT2D eigenvalue weighted by atomic mass is 16.4. The Labute approximate surface area is 56.8 Å². The van der Waals surface area contributed by atoms with E-state index < -0.39 is 18.5 Å². The van der Waals surface area contributed by atoms with Crippen LogP contribution in [0.1, 0.15) is 0 Å². The molecule has 0 bridgehead atoms. The zero-order chi connectivity index (χ0) is 7.98. The van der Waals surface area contributed by atoms with Crippen molar-refractivity contribution in [3.8, 4) is 0 Å². The number of aliphatic hydroxyl groups excluding tert-OH is 1. The average molecular weight is 148 g/mol. The summed E-state index contributed by atoms with van der Waals surface area (Å²) >= 11 is 0. The largest absolute Gasteiger partial charge is 0.480 e. The Balaban J connectivity index is 3.20. The smallest absolute Gasteiger partial charge is 0.319 e. The summed E-state index contributed by atoms with van der Waals surface area (Å²) in [6.45, 7) is -1.03. The molecule has 0 fully saturated rings. The molecule has 0 aromatic carbocycles. The number of aliphatic carboxylic acids is 1. The number of amides is 1. The van der Waals surface area contributed by atoms with Gasteiger partial charge in [0.05, 0.1) is 0 Å². The van der Waals surface area contributed by atoms with Crippen molar-refractivity contribution in [2.45, 2.75) is 0 Å². The molecule has 0 radical (unpaired) electrons. The van der Waals surface area contributed by atoms with E-state index in [0.717, 1.165) is 0 Å². The number of carboxylic acids is 1. The number of hydrazine groups is 1. The predicted molar refractivity (Wildman–Crippen MR) is 30.9 cm³/mol. The molecule has 0 aromatic rings. The highest BCUT2D eigenvalue weighted by molar-refractivity contribution is 5.77. The van der Waals surface area contributed by atoms with E-state index in [2.05, 4.69) is 5.43 Å². The van der Waals surface area contributed by atoms with E-state index in [9.17, 15) is 9.59 Å². The van der Waals surface area contributed by atoms with Gasteiger partial charge in [-0.3, -0.25) is 15.0 Å².